The monoisotopic (exact) mass is 314 g/mol. The van der Waals surface area contributed by atoms with Crippen molar-refractivity contribution in [2.24, 2.45) is 0 Å². The van der Waals surface area contributed by atoms with Crippen LogP contribution in [0, 0.1) is 0 Å². The fourth-order valence-electron chi connectivity index (χ4n) is 1.82. The van der Waals surface area contributed by atoms with E-state index in [0.717, 1.165) is 19.3 Å². The molecule has 4 N–H and O–H groups in total. The third-order valence-corrected chi connectivity index (χ3v) is 2.86. The quantitative estimate of drug-likeness (QED) is 0.162. The Morgan fingerprint density at radius 2 is 1.95 bits per heavy atom. The van der Waals surface area contributed by atoms with Crippen LogP contribution in [0.2, 0.25) is 0 Å². The lowest BCUT2D eigenvalue weighted by Crippen LogP contribution is -2.23. The molecule has 0 amide bonds. The molecule has 22 heavy (non-hydrogen) atoms. The van der Waals surface area contributed by atoms with Gasteiger partial charge in [0.25, 0.3) is 0 Å². The van der Waals surface area contributed by atoms with Gasteiger partial charge in [-0.25, -0.2) is 4.79 Å². The minimum Gasteiger partial charge on any atom is -0.513 e. The Hall–Kier alpha value is -1.79. The average Bonchev–Trinajstić information content (AvgIpc) is 2.43. The molecule has 0 aliphatic heterocycles. The fourth-order valence-corrected chi connectivity index (χ4v) is 1.82. The van der Waals surface area contributed by atoms with Crippen LogP contribution in [0.1, 0.15) is 39.5 Å². The molecule has 6 heteroatoms. The van der Waals surface area contributed by atoms with E-state index in [-0.39, 0.29) is 11.3 Å². The average molecular weight is 314 g/mol. The van der Waals surface area contributed by atoms with Crippen molar-refractivity contribution in [1.82, 2.24) is 0 Å². The summed E-state index contributed by atoms with van der Waals surface area (Å²) in [5.41, 5.74) is 0.291. The van der Waals surface area contributed by atoms with E-state index in [9.17, 15) is 20.1 Å². The summed E-state index contributed by atoms with van der Waals surface area (Å²) in [6, 6.07) is 0. The van der Waals surface area contributed by atoms with Crippen molar-refractivity contribution >= 4 is 5.97 Å². The molecule has 0 rings (SSSR count). The highest BCUT2D eigenvalue weighted by molar-refractivity contribution is 5.94. The van der Waals surface area contributed by atoms with E-state index in [0.29, 0.717) is 12.0 Å². The Labute approximate surface area is 131 Å². The molecular weight excluding hydrogens is 288 g/mol. The minimum absolute atomic E-state index is 0.00607. The number of carbonyl (C=O) groups excluding carboxylic acids is 1. The van der Waals surface area contributed by atoms with E-state index in [1.165, 1.54) is 13.0 Å². The zero-order valence-corrected chi connectivity index (χ0v) is 13.2. The van der Waals surface area contributed by atoms with Crippen LogP contribution in [0.15, 0.2) is 35.3 Å². The number of ether oxygens (including phenoxy) is 1. The van der Waals surface area contributed by atoms with Crippen molar-refractivity contribution < 1.29 is 30.0 Å². The van der Waals surface area contributed by atoms with Gasteiger partial charge in [0.15, 0.2) is 0 Å². The molecule has 0 fully saturated rings. The molecule has 0 bridgehead atoms. The van der Waals surface area contributed by atoms with E-state index in [4.69, 9.17) is 9.84 Å². The van der Waals surface area contributed by atoms with Gasteiger partial charge in [0.05, 0.1) is 12.4 Å². The first-order valence-corrected chi connectivity index (χ1v) is 7.28. The van der Waals surface area contributed by atoms with Gasteiger partial charge in [-0.15, -0.1) is 0 Å². The molecule has 126 valence electrons. The molecule has 1 atom stereocenters. The zero-order valence-electron chi connectivity index (χ0n) is 13.2. The van der Waals surface area contributed by atoms with Gasteiger partial charge in [-0.2, -0.15) is 0 Å². The maximum Gasteiger partial charge on any atom is 0.342 e. The van der Waals surface area contributed by atoms with E-state index in [1.54, 1.807) is 0 Å². The van der Waals surface area contributed by atoms with Crippen molar-refractivity contribution in [2.75, 3.05) is 13.2 Å². The molecule has 0 aromatic rings. The fraction of sp³-hybridized carbons (Fsp3) is 0.562. The Balaban J connectivity index is 5.32. The van der Waals surface area contributed by atoms with Crippen LogP contribution in [-0.2, 0) is 9.53 Å². The second kappa shape index (κ2) is 10.9. The second-order valence-corrected chi connectivity index (χ2v) is 5.02. The highest BCUT2D eigenvalue weighted by Gasteiger charge is 2.20. The Morgan fingerprint density at radius 3 is 2.41 bits per heavy atom. The van der Waals surface area contributed by atoms with Crippen molar-refractivity contribution in [3.63, 3.8) is 0 Å². The summed E-state index contributed by atoms with van der Waals surface area (Å²) in [7, 11) is 0. The summed E-state index contributed by atoms with van der Waals surface area (Å²) in [4.78, 5) is 12.1. The summed E-state index contributed by atoms with van der Waals surface area (Å²) < 4.78 is 4.85. The third-order valence-electron chi connectivity index (χ3n) is 2.86. The lowest BCUT2D eigenvalue weighted by molar-refractivity contribution is -0.142. The predicted molar refractivity (Wildman–Crippen MR) is 83.4 cm³/mol. The first-order valence-electron chi connectivity index (χ1n) is 7.28. The van der Waals surface area contributed by atoms with Crippen LogP contribution in [0.4, 0.5) is 0 Å². The van der Waals surface area contributed by atoms with E-state index < -0.39 is 31.0 Å². The number of hydrogen-bond acceptors (Lipinski definition) is 6. The van der Waals surface area contributed by atoms with Crippen molar-refractivity contribution in [2.45, 2.75) is 45.6 Å². The van der Waals surface area contributed by atoms with Gasteiger partial charge in [0.1, 0.15) is 24.0 Å². The van der Waals surface area contributed by atoms with Crippen molar-refractivity contribution in [1.29, 1.82) is 0 Å². The zero-order chi connectivity index (χ0) is 17.1. The molecule has 6 nitrogen and oxygen atoms in total. The summed E-state index contributed by atoms with van der Waals surface area (Å²) in [5.74, 6) is -1.33. The molecule has 0 aromatic heterocycles. The van der Waals surface area contributed by atoms with Gasteiger partial charge in [-0.1, -0.05) is 26.3 Å². The van der Waals surface area contributed by atoms with Crippen molar-refractivity contribution in [3.8, 4) is 0 Å². The number of aliphatic hydroxyl groups excluding tert-OH is 4. The van der Waals surface area contributed by atoms with Crippen LogP contribution in [-0.4, -0.2) is 45.7 Å². The SMILES string of the molecule is C=C(O)/C(C(=O)OCC(O)CO)=C(\C=C(/C)O)CCCCC. The van der Waals surface area contributed by atoms with Crippen LogP contribution >= 0.6 is 0 Å². The maximum absolute atomic E-state index is 12.1. The van der Waals surface area contributed by atoms with E-state index >= 15 is 0 Å². The maximum atomic E-state index is 12.1. The van der Waals surface area contributed by atoms with Crippen LogP contribution in [0.3, 0.4) is 0 Å². The lowest BCUT2D eigenvalue weighted by atomic mass is 9.99. The standard InChI is InChI=1S/C16H26O6/c1-4-5-6-7-13(8-11(2)18)15(12(3)19)16(21)22-10-14(20)9-17/h8,14,17-20H,3-7,9-10H2,1-2H3/b11-8+,15-13+. The first kappa shape index (κ1) is 20.2. The molecular formula is C16H26O6. The second-order valence-electron chi connectivity index (χ2n) is 5.02. The molecule has 0 spiro atoms. The van der Waals surface area contributed by atoms with Gasteiger partial charge in [-0.3, -0.25) is 0 Å². The van der Waals surface area contributed by atoms with Gasteiger partial charge < -0.3 is 25.2 Å². The van der Waals surface area contributed by atoms with Crippen molar-refractivity contribution in [3.05, 3.63) is 35.3 Å². The topological polar surface area (TPSA) is 107 Å². The first-order chi connectivity index (χ1) is 10.3. The third kappa shape index (κ3) is 7.85. The molecule has 1 unspecified atom stereocenters. The Bertz CT molecular complexity index is 432. The Morgan fingerprint density at radius 1 is 1.32 bits per heavy atom. The van der Waals surface area contributed by atoms with Crippen LogP contribution in [0.25, 0.3) is 0 Å². The molecule has 0 radical (unpaired) electrons. The number of allylic oxidation sites excluding steroid dienone is 3. The number of hydrogen-bond donors (Lipinski definition) is 4. The van der Waals surface area contributed by atoms with E-state index in [1.807, 2.05) is 6.92 Å². The van der Waals surface area contributed by atoms with Gasteiger partial charge in [0.2, 0.25) is 0 Å². The molecule has 0 saturated carbocycles. The summed E-state index contributed by atoms with van der Waals surface area (Å²) in [6.07, 6.45) is 3.37. The Kier molecular flexibility index (Phi) is 9.98. The number of carbonyl (C=O) groups is 1. The number of esters is 1. The summed E-state index contributed by atoms with van der Waals surface area (Å²) >= 11 is 0. The summed E-state index contributed by atoms with van der Waals surface area (Å²) in [6.45, 7) is 5.92. The molecule has 0 aliphatic carbocycles. The number of aliphatic hydroxyl groups is 4. The van der Waals surface area contributed by atoms with Gasteiger partial charge in [0, 0.05) is 0 Å². The van der Waals surface area contributed by atoms with E-state index in [2.05, 4.69) is 6.58 Å². The van der Waals surface area contributed by atoms with Crippen LogP contribution in [0.5, 0.6) is 0 Å². The predicted octanol–water partition coefficient (Wildman–Crippen LogP) is 2.29. The molecule has 0 heterocycles. The number of rotatable bonds is 10. The highest BCUT2D eigenvalue weighted by Crippen LogP contribution is 2.21. The lowest BCUT2D eigenvalue weighted by Gasteiger charge is -2.13. The highest BCUT2D eigenvalue weighted by atomic mass is 16.5. The normalized spacial score (nSPS) is 14.3. The minimum atomic E-state index is -1.18. The van der Waals surface area contributed by atoms with Crippen LogP contribution < -0.4 is 0 Å². The molecule has 0 aliphatic rings. The van der Waals surface area contributed by atoms with Gasteiger partial charge in [-0.05, 0) is 31.4 Å². The number of unbranched alkanes of at least 4 members (excludes halogenated alkanes) is 2. The summed E-state index contributed by atoms with van der Waals surface area (Å²) in [5, 5.41) is 37.0. The molecule has 0 saturated heterocycles. The van der Waals surface area contributed by atoms with Gasteiger partial charge >= 0.3 is 5.97 Å². The largest absolute Gasteiger partial charge is 0.513 e. The molecule has 0 aromatic carbocycles. The smallest absolute Gasteiger partial charge is 0.342 e.